The lowest BCUT2D eigenvalue weighted by Crippen LogP contribution is -2.38. The molecule has 2 aromatic heterocycles. The van der Waals surface area contributed by atoms with Gasteiger partial charge in [-0.1, -0.05) is 12.1 Å². The highest BCUT2D eigenvalue weighted by Crippen LogP contribution is 2.41. The smallest absolute Gasteiger partial charge is 0.404 e. The monoisotopic (exact) mass is 549 g/mol. The number of rotatable bonds is 5. The van der Waals surface area contributed by atoms with E-state index in [1.54, 1.807) is 36.0 Å². The lowest BCUT2D eigenvalue weighted by molar-refractivity contribution is -0.274. The first-order chi connectivity index (χ1) is 18.3. The fourth-order valence-corrected chi connectivity index (χ4v) is 4.78. The predicted molar refractivity (Wildman–Crippen MR) is 128 cm³/mol. The number of hydrogen-bond acceptors (Lipinski definition) is 4. The third-order valence-corrected chi connectivity index (χ3v) is 6.42. The predicted octanol–water partition coefficient (Wildman–Crippen LogP) is 5.76. The average molecular weight is 549 g/mol. The second-order valence-electron chi connectivity index (χ2n) is 9.06. The summed E-state index contributed by atoms with van der Waals surface area (Å²) < 4.78 is 87.8. The summed E-state index contributed by atoms with van der Waals surface area (Å²) in [5.41, 5.74) is -0.236. The van der Waals surface area contributed by atoms with Crippen LogP contribution in [0.2, 0.25) is 0 Å². The first-order valence-corrected chi connectivity index (χ1v) is 11.7. The molecule has 3 heterocycles. The van der Waals surface area contributed by atoms with Crippen molar-refractivity contribution < 1.29 is 35.9 Å². The Morgan fingerprint density at radius 2 is 1.74 bits per heavy atom. The zero-order valence-corrected chi connectivity index (χ0v) is 20.6. The van der Waals surface area contributed by atoms with Crippen molar-refractivity contribution >= 4 is 11.6 Å². The molecule has 204 valence electrons. The summed E-state index contributed by atoms with van der Waals surface area (Å²) in [4.78, 5) is 19.1. The van der Waals surface area contributed by atoms with E-state index in [-0.39, 0.29) is 41.9 Å². The Kier molecular flexibility index (Phi) is 6.39. The largest absolute Gasteiger partial charge is 0.573 e. The number of hydrogen-bond donors (Lipinski definition) is 0. The Labute approximate surface area is 218 Å². The standard InChI is InChI=1S/C26H21F6N5O2/c1-15-33-8-10-36(15)13-16-11-18(20-14-35(2)34-23(20)25(27,28)29)17-7-9-37(24(38)19(17)12-16)21-5-3-4-6-22(21)39-26(30,31)32/h3-6,8,10-12,14H,7,9,13H2,1-2H3. The number of alkyl halides is 6. The second-order valence-corrected chi connectivity index (χ2v) is 9.06. The molecule has 0 spiro atoms. The summed E-state index contributed by atoms with van der Waals surface area (Å²) in [5.74, 6) is -0.561. The van der Waals surface area contributed by atoms with Gasteiger partial charge >= 0.3 is 12.5 Å². The number of ether oxygens (including phenoxy) is 1. The van der Waals surface area contributed by atoms with E-state index in [1.807, 2.05) is 0 Å². The Hall–Kier alpha value is -4.29. The molecule has 13 heteroatoms. The van der Waals surface area contributed by atoms with Crippen LogP contribution in [-0.4, -0.2) is 38.1 Å². The number of benzene rings is 2. The van der Waals surface area contributed by atoms with Crippen LogP contribution in [0.3, 0.4) is 0 Å². The quantitative estimate of drug-likeness (QED) is 0.297. The maximum Gasteiger partial charge on any atom is 0.573 e. The minimum atomic E-state index is -4.98. The number of carbonyl (C=O) groups is 1. The van der Waals surface area contributed by atoms with Crippen molar-refractivity contribution in [3.05, 3.63) is 83.2 Å². The Bertz CT molecular complexity index is 1550. The van der Waals surface area contributed by atoms with Gasteiger partial charge in [-0.15, -0.1) is 13.2 Å². The number of fused-ring (bicyclic) bond motifs is 1. The SMILES string of the molecule is Cc1nccn1Cc1cc2c(c(-c3cn(C)nc3C(F)(F)F)c1)CCN(c1ccccc1OC(F)(F)F)C2=O. The van der Waals surface area contributed by atoms with Crippen LogP contribution in [0.1, 0.15) is 33.0 Å². The highest BCUT2D eigenvalue weighted by molar-refractivity contribution is 6.10. The van der Waals surface area contributed by atoms with Gasteiger partial charge < -0.3 is 14.2 Å². The third kappa shape index (κ3) is 5.20. The summed E-state index contributed by atoms with van der Waals surface area (Å²) in [5, 5.41) is 3.61. The van der Waals surface area contributed by atoms with Gasteiger partial charge in [0.15, 0.2) is 11.4 Å². The molecule has 4 aromatic rings. The molecule has 7 nitrogen and oxygen atoms in total. The van der Waals surface area contributed by atoms with Crippen molar-refractivity contribution in [3.8, 4) is 16.9 Å². The zero-order valence-electron chi connectivity index (χ0n) is 20.6. The Balaban J connectivity index is 1.66. The van der Waals surface area contributed by atoms with E-state index < -0.39 is 29.9 Å². The number of amides is 1. The lowest BCUT2D eigenvalue weighted by atomic mass is 9.88. The molecular weight excluding hydrogens is 528 g/mol. The van der Waals surface area contributed by atoms with Crippen LogP contribution >= 0.6 is 0 Å². The molecule has 0 saturated heterocycles. The van der Waals surface area contributed by atoms with Gasteiger partial charge in [-0.2, -0.15) is 18.3 Å². The number of nitrogens with zero attached hydrogens (tertiary/aromatic N) is 5. The molecule has 2 aromatic carbocycles. The number of anilines is 1. The van der Waals surface area contributed by atoms with Crippen LogP contribution in [0.4, 0.5) is 32.0 Å². The molecule has 0 atom stereocenters. The van der Waals surface area contributed by atoms with Gasteiger partial charge in [0, 0.05) is 49.9 Å². The van der Waals surface area contributed by atoms with E-state index in [0.29, 0.717) is 17.0 Å². The molecule has 0 radical (unpaired) electrons. The van der Waals surface area contributed by atoms with Gasteiger partial charge in [-0.25, -0.2) is 4.98 Å². The van der Waals surface area contributed by atoms with E-state index in [9.17, 15) is 31.1 Å². The van der Waals surface area contributed by atoms with E-state index >= 15 is 0 Å². The summed E-state index contributed by atoms with van der Waals surface area (Å²) in [6.45, 7) is 1.89. The van der Waals surface area contributed by atoms with Crippen molar-refractivity contribution in [2.45, 2.75) is 32.4 Å². The van der Waals surface area contributed by atoms with Crippen LogP contribution in [-0.2, 0) is 26.2 Å². The van der Waals surface area contributed by atoms with Crippen LogP contribution in [0, 0.1) is 6.92 Å². The van der Waals surface area contributed by atoms with Crippen molar-refractivity contribution in [2.24, 2.45) is 7.05 Å². The molecule has 0 unspecified atom stereocenters. The van der Waals surface area contributed by atoms with Gasteiger partial charge in [0.05, 0.1) is 5.69 Å². The maximum atomic E-state index is 13.9. The molecule has 0 N–H and O–H groups in total. The maximum absolute atomic E-state index is 13.9. The van der Waals surface area contributed by atoms with Crippen molar-refractivity contribution in [2.75, 3.05) is 11.4 Å². The van der Waals surface area contributed by atoms with Gasteiger partial charge in [0.1, 0.15) is 5.82 Å². The number of aromatic nitrogens is 4. The summed E-state index contributed by atoms with van der Waals surface area (Å²) >= 11 is 0. The summed E-state index contributed by atoms with van der Waals surface area (Å²) in [6, 6.07) is 8.39. The molecule has 0 saturated carbocycles. The first-order valence-electron chi connectivity index (χ1n) is 11.7. The highest BCUT2D eigenvalue weighted by atomic mass is 19.4. The lowest BCUT2D eigenvalue weighted by Gasteiger charge is -2.31. The molecule has 1 aliphatic heterocycles. The zero-order chi connectivity index (χ0) is 28.1. The number of halogens is 6. The van der Waals surface area contributed by atoms with Crippen molar-refractivity contribution in [1.82, 2.24) is 19.3 Å². The van der Waals surface area contributed by atoms with E-state index in [1.165, 1.54) is 31.4 Å². The van der Waals surface area contributed by atoms with E-state index in [4.69, 9.17) is 0 Å². The van der Waals surface area contributed by atoms with Gasteiger partial charge in [-0.3, -0.25) is 9.48 Å². The van der Waals surface area contributed by atoms with Crippen LogP contribution in [0.15, 0.2) is 55.0 Å². The molecule has 0 bridgehead atoms. The first kappa shape index (κ1) is 26.3. The van der Waals surface area contributed by atoms with Gasteiger partial charge in [0.25, 0.3) is 5.91 Å². The average Bonchev–Trinajstić information content (AvgIpc) is 3.44. The molecule has 0 aliphatic carbocycles. The fourth-order valence-electron chi connectivity index (χ4n) is 4.78. The Morgan fingerprint density at radius 3 is 2.41 bits per heavy atom. The molecule has 39 heavy (non-hydrogen) atoms. The minimum absolute atomic E-state index is 0.0708. The second kappa shape index (κ2) is 9.47. The topological polar surface area (TPSA) is 65.2 Å². The number of para-hydroxylation sites is 2. The normalized spacial score (nSPS) is 14.1. The van der Waals surface area contributed by atoms with Crippen LogP contribution < -0.4 is 9.64 Å². The number of aryl methyl sites for hydroxylation is 2. The highest BCUT2D eigenvalue weighted by Gasteiger charge is 2.39. The molecule has 1 amide bonds. The van der Waals surface area contributed by atoms with E-state index in [2.05, 4.69) is 14.8 Å². The van der Waals surface area contributed by atoms with E-state index in [0.717, 1.165) is 15.6 Å². The van der Waals surface area contributed by atoms with Crippen LogP contribution in [0.25, 0.3) is 11.1 Å². The number of imidazole rings is 1. The molecule has 0 fully saturated rings. The summed E-state index contributed by atoms with van der Waals surface area (Å²) in [7, 11) is 1.37. The van der Waals surface area contributed by atoms with Gasteiger partial charge in [0.2, 0.25) is 0 Å². The minimum Gasteiger partial charge on any atom is -0.404 e. The third-order valence-electron chi connectivity index (χ3n) is 6.42. The van der Waals surface area contributed by atoms with Crippen molar-refractivity contribution in [3.63, 3.8) is 0 Å². The van der Waals surface area contributed by atoms with Crippen molar-refractivity contribution in [1.29, 1.82) is 0 Å². The summed E-state index contributed by atoms with van der Waals surface area (Å²) in [6.07, 6.45) is -5.13. The van der Waals surface area contributed by atoms with Gasteiger partial charge in [-0.05, 0) is 54.3 Å². The fraction of sp³-hybridized carbons (Fsp3) is 0.269. The molecule has 5 rings (SSSR count). The number of carbonyl (C=O) groups excluding carboxylic acids is 1. The molecule has 1 aliphatic rings. The molecular formula is C26H21F6N5O2. The Morgan fingerprint density at radius 1 is 1.03 bits per heavy atom. The van der Waals surface area contributed by atoms with Crippen LogP contribution in [0.5, 0.6) is 5.75 Å².